The number of phenolic OH excluding ortho intramolecular Hbond substituents is 1. The van der Waals surface area contributed by atoms with Crippen LogP contribution in [0.5, 0.6) is 11.5 Å². The Kier molecular flexibility index (Phi) is 5.13. The van der Waals surface area contributed by atoms with Gasteiger partial charge in [0.15, 0.2) is 11.5 Å². The third-order valence-electron chi connectivity index (χ3n) is 3.42. The van der Waals surface area contributed by atoms with E-state index in [1.807, 2.05) is 0 Å². The number of carbonyl (C=O) groups excluding carboxylic acids is 1. The Morgan fingerprint density at radius 3 is 2.88 bits per heavy atom. The number of amides is 1. The maximum absolute atomic E-state index is 12.3. The molecule has 1 heterocycles. The Bertz CT molecular complexity index is 985. The summed E-state index contributed by atoms with van der Waals surface area (Å²) >= 11 is 13.4. The Morgan fingerprint density at radius 2 is 2.12 bits per heavy atom. The van der Waals surface area contributed by atoms with Gasteiger partial charge in [-0.05, 0) is 24.3 Å². The second-order valence-electron chi connectivity index (χ2n) is 4.98. The van der Waals surface area contributed by atoms with E-state index in [4.69, 9.17) is 27.9 Å². The number of methoxy groups -OCH3 is 1. The van der Waals surface area contributed by atoms with Crippen molar-refractivity contribution in [2.75, 3.05) is 7.11 Å². The van der Waals surface area contributed by atoms with E-state index < -0.39 is 5.91 Å². The van der Waals surface area contributed by atoms with Gasteiger partial charge in [-0.1, -0.05) is 35.3 Å². The molecule has 0 fully saturated rings. The van der Waals surface area contributed by atoms with Gasteiger partial charge >= 0.3 is 0 Å². The largest absolute Gasteiger partial charge is 0.504 e. The van der Waals surface area contributed by atoms with E-state index in [0.29, 0.717) is 26.2 Å². The van der Waals surface area contributed by atoms with Gasteiger partial charge in [0, 0.05) is 20.7 Å². The van der Waals surface area contributed by atoms with Crippen molar-refractivity contribution in [2.45, 2.75) is 0 Å². The number of nitrogens with zero attached hydrogens (tertiary/aromatic N) is 1. The number of benzene rings is 2. The molecule has 0 radical (unpaired) electrons. The van der Waals surface area contributed by atoms with Gasteiger partial charge in [0.2, 0.25) is 0 Å². The lowest BCUT2D eigenvalue weighted by Crippen LogP contribution is -2.16. The zero-order chi connectivity index (χ0) is 18.0. The van der Waals surface area contributed by atoms with E-state index in [1.54, 1.807) is 36.4 Å². The number of ether oxygens (including phenoxy) is 1. The molecule has 0 saturated carbocycles. The minimum absolute atomic E-state index is 0.0578. The van der Waals surface area contributed by atoms with Gasteiger partial charge in [-0.2, -0.15) is 5.10 Å². The quantitative estimate of drug-likeness (QED) is 0.498. The van der Waals surface area contributed by atoms with Crippen LogP contribution >= 0.6 is 34.5 Å². The molecule has 3 aromatic rings. The first kappa shape index (κ1) is 17.5. The highest BCUT2D eigenvalue weighted by molar-refractivity contribution is 7.21. The number of rotatable bonds is 4. The fourth-order valence-corrected chi connectivity index (χ4v) is 3.89. The number of hydrogen-bond acceptors (Lipinski definition) is 5. The number of halogens is 2. The number of carbonyl (C=O) groups is 1. The molecule has 0 aliphatic heterocycles. The summed E-state index contributed by atoms with van der Waals surface area (Å²) in [6.45, 7) is 0. The highest BCUT2D eigenvalue weighted by atomic mass is 35.5. The Labute approximate surface area is 157 Å². The third kappa shape index (κ3) is 3.56. The maximum atomic E-state index is 12.3. The number of fused-ring (bicyclic) bond motifs is 1. The second kappa shape index (κ2) is 7.31. The van der Waals surface area contributed by atoms with Crippen LogP contribution in [0.2, 0.25) is 10.0 Å². The van der Waals surface area contributed by atoms with Gasteiger partial charge in [-0.25, -0.2) is 5.43 Å². The van der Waals surface area contributed by atoms with E-state index in [2.05, 4.69) is 10.5 Å². The number of hydrogen-bond donors (Lipinski definition) is 2. The highest BCUT2D eigenvalue weighted by Crippen LogP contribution is 2.36. The van der Waals surface area contributed by atoms with Crippen molar-refractivity contribution < 1.29 is 14.6 Å². The van der Waals surface area contributed by atoms with Gasteiger partial charge in [-0.15, -0.1) is 11.3 Å². The molecule has 0 atom stereocenters. The van der Waals surface area contributed by atoms with E-state index in [9.17, 15) is 9.90 Å². The first-order chi connectivity index (χ1) is 12.0. The summed E-state index contributed by atoms with van der Waals surface area (Å²) in [6, 6.07) is 10.2. The summed E-state index contributed by atoms with van der Waals surface area (Å²) in [5.41, 5.74) is 2.81. The topological polar surface area (TPSA) is 70.9 Å². The Morgan fingerprint density at radius 1 is 1.32 bits per heavy atom. The third-order valence-corrected chi connectivity index (χ3v) is 5.31. The molecule has 1 aromatic heterocycles. The van der Waals surface area contributed by atoms with Crippen molar-refractivity contribution in [3.63, 3.8) is 0 Å². The van der Waals surface area contributed by atoms with Crippen LogP contribution in [0.3, 0.4) is 0 Å². The Balaban J connectivity index is 1.80. The average Bonchev–Trinajstić information content (AvgIpc) is 2.92. The van der Waals surface area contributed by atoms with Gasteiger partial charge < -0.3 is 9.84 Å². The lowest BCUT2D eigenvalue weighted by atomic mass is 10.2. The number of nitrogens with one attached hydrogen (secondary N) is 1. The molecule has 25 heavy (non-hydrogen) atoms. The summed E-state index contributed by atoms with van der Waals surface area (Å²) < 4.78 is 5.83. The molecule has 0 unspecified atom stereocenters. The van der Waals surface area contributed by atoms with E-state index in [0.717, 1.165) is 10.1 Å². The normalized spacial score (nSPS) is 11.2. The minimum Gasteiger partial charge on any atom is -0.504 e. The lowest BCUT2D eigenvalue weighted by Gasteiger charge is -2.04. The van der Waals surface area contributed by atoms with E-state index in [1.165, 1.54) is 24.7 Å². The van der Waals surface area contributed by atoms with Crippen LogP contribution in [0.1, 0.15) is 15.2 Å². The van der Waals surface area contributed by atoms with Gasteiger partial charge in [0.1, 0.15) is 4.88 Å². The van der Waals surface area contributed by atoms with Crippen LogP contribution in [-0.4, -0.2) is 24.3 Å². The van der Waals surface area contributed by atoms with Crippen molar-refractivity contribution in [3.8, 4) is 11.5 Å². The van der Waals surface area contributed by atoms with Crippen molar-refractivity contribution in [1.29, 1.82) is 0 Å². The zero-order valence-electron chi connectivity index (χ0n) is 12.9. The summed E-state index contributed by atoms with van der Waals surface area (Å²) in [5.74, 6) is -0.182. The molecule has 128 valence electrons. The van der Waals surface area contributed by atoms with Crippen LogP contribution in [-0.2, 0) is 0 Å². The molecular weight excluding hydrogens is 383 g/mol. The Hall–Kier alpha value is -2.28. The molecule has 2 aromatic carbocycles. The number of phenols is 1. The standard InChI is InChI=1S/C17H12Cl2N2O3S/c1-24-12-4-2-3-9(15(12)22)8-20-21-17(23)16-14(19)11-6-5-10(18)7-13(11)25-16/h2-8,22H,1H3,(H,21,23). The summed E-state index contributed by atoms with van der Waals surface area (Å²) in [6.07, 6.45) is 1.33. The molecule has 0 bridgehead atoms. The van der Waals surface area contributed by atoms with Crippen LogP contribution in [0, 0.1) is 0 Å². The lowest BCUT2D eigenvalue weighted by molar-refractivity contribution is 0.0959. The van der Waals surface area contributed by atoms with Crippen LogP contribution < -0.4 is 10.2 Å². The predicted octanol–water partition coefficient (Wildman–Crippen LogP) is 4.69. The average molecular weight is 395 g/mol. The molecule has 3 rings (SSSR count). The highest BCUT2D eigenvalue weighted by Gasteiger charge is 2.17. The first-order valence-corrected chi connectivity index (χ1v) is 8.65. The van der Waals surface area contributed by atoms with Crippen molar-refractivity contribution in [2.24, 2.45) is 5.10 Å². The van der Waals surface area contributed by atoms with Crippen molar-refractivity contribution >= 4 is 56.7 Å². The predicted molar refractivity (Wildman–Crippen MR) is 102 cm³/mol. The van der Waals surface area contributed by atoms with Crippen molar-refractivity contribution in [1.82, 2.24) is 5.43 Å². The zero-order valence-corrected chi connectivity index (χ0v) is 15.2. The summed E-state index contributed by atoms with van der Waals surface area (Å²) in [4.78, 5) is 12.6. The number of para-hydroxylation sites is 1. The molecule has 1 amide bonds. The van der Waals surface area contributed by atoms with E-state index in [-0.39, 0.29) is 5.75 Å². The fraction of sp³-hybridized carbons (Fsp3) is 0.0588. The molecule has 8 heteroatoms. The number of hydrazone groups is 1. The number of thiophene rings is 1. The van der Waals surface area contributed by atoms with Crippen LogP contribution in [0.15, 0.2) is 41.5 Å². The minimum atomic E-state index is -0.444. The first-order valence-electron chi connectivity index (χ1n) is 7.08. The summed E-state index contributed by atoms with van der Waals surface area (Å²) in [5, 5.41) is 15.5. The van der Waals surface area contributed by atoms with E-state index >= 15 is 0 Å². The molecule has 0 aliphatic rings. The maximum Gasteiger partial charge on any atom is 0.283 e. The van der Waals surface area contributed by atoms with Gasteiger partial charge in [0.25, 0.3) is 5.91 Å². The molecule has 0 spiro atoms. The fourth-order valence-electron chi connectivity index (χ4n) is 2.20. The monoisotopic (exact) mass is 394 g/mol. The SMILES string of the molecule is COc1cccc(C=NNC(=O)c2sc3cc(Cl)ccc3c2Cl)c1O. The molecular formula is C17H12Cl2N2O3S. The van der Waals surface area contributed by atoms with Crippen LogP contribution in [0.25, 0.3) is 10.1 Å². The van der Waals surface area contributed by atoms with Crippen molar-refractivity contribution in [3.05, 3.63) is 56.9 Å². The molecule has 2 N–H and O–H groups in total. The summed E-state index contributed by atoms with van der Waals surface area (Å²) in [7, 11) is 1.45. The van der Waals surface area contributed by atoms with Gasteiger partial charge in [0.05, 0.1) is 18.3 Å². The number of aromatic hydroxyl groups is 1. The van der Waals surface area contributed by atoms with Crippen LogP contribution in [0.4, 0.5) is 0 Å². The molecule has 0 aliphatic carbocycles. The molecule has 0 saturated heterocycles. The smallest absolute Gasteiger partial charge is 0.283 e. The second-order valence-corrected chi connectivity index (χ2v) is 6.85. The molecule has 5 nitrogen and oxygen atoms in total. The van der Waals surface area contributed by atoms with Gasteiger partial charge in [-0.3, -0.25) is 4.79 Å².